The van der Waals surface area contributed by atoms with Crippen molar-refractivity contribution in [2.75, 3.05) is 13.1 Å². The Kier molecular flexibility index (Phi) is 2.98. The van der Waals surface area contributed by atoms with Gasteiger partial charge in [-0.2, -0.15) is 0 Å². The van der Waals surface area contributed by atoms with Crippen LogP contribution in [-0.4, -0.2) is 29.6 Å². The summed E-state index contributed by atoms with van der Waals surface area (Å²) in [6.45, 7) is 9.33. The lowest BCUT2D eigenvalue weighted by Crippen LogP contribution is -2.68. The van der Waals surface area contributed by atoms with Gasteiger partial charge in [0.2, 0.25) is 0 Å². The van der Waals surface area contributed by atoms with E-state index in [1.807, 2.05) is 0 Å². The number of carbonyl (C=O) groups is 1. The van der Waals surface area contributed by atoms with E-state index in [0.29, 0.717) is 16.2 Å². The molecule has 0 unspecified atom stereocenters. The van der Waals surface area contributed by atoms with Crippen LogP contribution in [0.4, 0.5) is 4.79 Å². The lowest BCUT2D eigenvalue weighted by molar-refractivity contribution is -0.155. The van der Waals surface area contributed by atoms with Gasteiger partial charge in [0.05, 0.1) is 0 Å². The van der Waals surface area contributed by atoms with Crippen molar-refractivity contribution in [3.63, 3.8) is 0 Å². The number of carbonyl (C=O) groups excluding carboxylic acids is 1. The Morgan fingerprint density at radius 3 is 1.68 bits per heavy atom. The Morgan fingerprint density at radius 1 is 0.773 bits per heavy atom. The molecule has 4 saturated carbocycles. The molecule has 0 spiro atoms. The second-order valence-electron chi connectivity index (χ2n) is 10.3. The van der Waals surface area contributed by atoms with Gasteiger partial charge in [-0.1, -0.05) is 20.8 Å². The molecule has 4 bridgehead atoms. The van der Waals surface area contributed by atoms with E-state index in [1.165, 1.54) is 57.8 Å². The van der Waals surface area contributed by atoms with Gasteiger partial charge in [-0.3, -0.25) is 0 Å². The Hall–Kier alpha value is -0.730. The van der Waals surface area contributed by atoms with Gasteiger partial charge >= 0.3 is 6.03 Å². The molecular weight excluding hydrogens is 272 g/mol. The van der Waals surface area contributed by atoms with Crippen molar-refractivity contribution in [1.29, 1.82) is 0 Å². The summed E-state index contributed by atoms with van der Waals surface area (Å²) in [5.74, 6) is 0. The van der Waals surface area contributed by atoms with Gasteiger partial charge in [0.15, 0.2) is 0 Å². The smallest absolute Gasteiger partial charge is 0.317 e. The third-order valence-corrected chi connectivity index (χ3v) is 6.87. The van der Waals surface area contributed by atoms with E-state index in [1.54, 1.807) is 0 Å². The summed E-state index contributed by atoms with van der Waals surface area (Å²) in [5.41, 5.74) is 1.38. The molecule has 124 valence electrons. The minimum Gasteiger partial charge on any atom is -0.332 e. The monoisotopic (exact) mass is 304 g/mol. The van der Waals surface area contributed by atoms with Crippen LogP contribution in [0, 0.1) is 16.2 Å². The zero-order valence-electron chi connectivity index (χ0n) is 14.6. The van der Waals surface area contributed by atoms with Crippen LogP contribution in [0.5, 0.6) is 0 Å². The van der Waals surface area contributed by atoms with E-state index in [9.17, 15) is 4.79 Å². The lowest BCUT2D eigenvalue weighted by atomic mass is 9.38. The number of piperidine rings is 1. The predicted octanol–water partition coefficient (Wildman–Crippen LogP) is 4.32. The topological polar surface area (TPSA) is 32.3 Å². The summed E-state index contributed by atoms with van der Waals surface area (Å²) in [5, 5.41) is 3.56. The molecule has 0 aromatic carbocycles. The third kappa shape index (κ3) is 2.35. The maximum absolute atomic E-state index is 12.8. The van der Waals surface area contributed by atoms with Crippen LogP contribution in [0.25, 0.3) is 0 Å². The molecule has 1 N–H and O–H groups in total. The van der Waals surface area contributed by atoms with Crippen molar-refractivity contribution in [2.24, 2.45) is 16.2 Å². The van der Waals surface area contributed by atoms with Crippen LogP contribution >= 0.6 is 0 Å². The zero-order chi connectivity index (χ0) is 15.6. The maximum atomic E-state index is 12.8. The van der Waals surface area contributed by atoms with Gasteiger partial charge in [-0.25, -0.2) is 4.79 Å². The average Bonchev–Trinajstić information content (AvgIpc) is 2.33. The standard InChI is InChI=1S/C19H32N2O/c1-16-9-17(2)11-18(3,10-16)14-19(12-16,13-17)20-15(22)21-7-5-4-6-8-21/h4-14H2,1-3H3,(H,20,22). The first-order valence-corrected chi connectivity index (χ1v) is 9.30. The summed E-state index contributed by atoms with van der Waals surface area (Å²) in [7, 11) is 0. The van der Waals surface area contributed by atoms with Crippen molar-refractivity contribution in [3.8, 4) is 0 Å². The zero-order valence-corrected chi connectivity index (χ0v) is 14.6. The Balaban J connectivity index is 1.57. The molecular formula is C19H32N2O. The first-order valence-electron chi connectivity index (χ1n) is 9.30. The number of amides is 2. The highest BCUT2D eigenvalue weighted by Gasteiger charge is 2.64. The van der Waals surface area contributed by atoms with Crippen molar-refractivity contribution in [2.45, 2.75) is 84.1 Å². The molecule has 5 aliphatic rings. The van der Waals surface area contributed by atoms with Crippen molar-refractivity contribution in [1.82, 2.24) is 10.2 Å². The number of nitrogens with one attached hydrogen (secondary N) is 1. The highest BCUT2D eigenvalue weighted by Crippen LogP contribution is 2.70. The van der Waals surface area contributed by atoms with Crippen molar-refractivity contribution in [3.05, 3.63) is 0 Å². The molecule has 3 nitrogen and oxygen atoms in total. The van der Waals surface area contributed by atoms with Gasteiger partial charge < -0.3 is 10.2 Å². The molecule has 1 aliphatic heterocycles. The largest absolute Gasteiger partial charge is 0.332 e. The maximum Gasteiger partial charge on any atom is 0.317 e. The minimum absolute atomic E-state index is 0.0710. The molecule has 0 aromatic rings. The Morgan fingerprint density at radius 2 is 1.23 bits per heavy atom. The fourth-order valence-electron chi connectivity index (χ4n) is 7.83. The number of hydrogen-bond acceptors (Lipinski definition) is 1. The summed E-state index contributed by atoms with van der Waals surface area (Å²) in [4.78, 5) is 14.9. The summed E-state index contributed by atoms with van der Waals surface area (Å²) >= 11 is 0. The number of nitrogens with zero attached hydrogens (tertiary/aromatic N) is 1. The quantitative estimate of drug-likeness (QED) is 0.768. The van der Waals surface area contributed by atoms with E-state index >= 15 is 0 Å². The molecule has 4 aliphatic carbocycles. The van der Waals surface area contributed by atoms with Crippen LogP contribution in [0.15, 0.2) is 0 Å². The van der Waals surface area contributed by atoms with Crippen LogP contribution in [-0.2, 0) is 0 Å². The molecule has 22 heavy (non-hydrogen) atoms. The number of hydrogen-bond donors (Lipinski definition) is 1. The SMILES string of the molecule is CC12CC3(C)CC(C)(C1)CC(NC(=O)N1CCCCC1)(C2)C3. The summed E-state index contributed by atoms with van der Waals surface area (Å²) in [6.07, 6.45) is 11.3. The molecule has 5 fully saturated rings. The summed E-state index contributed by atoms with van der Waals surface area (Å²) in [6, 6.07) is 0.220. The van der Waals surface area contributed by atoms with Gasteiger partial charge in [-0.05, 0) is 74.0 Å². The summed E-state index contributed by atoms with van der Waals surface area (Å²) < 4.78 is 0. The van der Waals surface area contributed by atoms with E-state index in [2.05, 4.69) is 31.0 Å². The molecule has 2 amide bonds. The third-order valence-electron chi connectivity index (χ3n) is 6.87. The van der Waals surface area contributed by atoms with E-state index < -0.39 is 0 Å². The Bertz CT molecular complexity index is 440. The van der Waals surface area contributed by atoms with Gasteiger partial charge in [0, 0.05) is 18.6 Å². The first kappa shape index (κ1) is 14.8. The Labute approximate surface area is 135 Å². The normalized spacial score (nSPS) is 50.2. The van der Waals surface area contributed by atoms with Crippen LogP contribution in [0.1, 0.15) is 78.6 Å². The second-order valence-corrected chi connectivity index (χ2v) is 10.3. The van der Waals surface area contributed by atoms with Gasteiger partial charge in [0.1, 0.15) is 0 Å². The lowest BCUT2D eigenvalue weighted by Gasteiger charge is -2.69. The predicted molar refractivity (Wildman–Crippen MR) is 88.7 cm³/mol. The fourth-order valence-corrected chi connectivity index (χ4v) is 7.83. The number of likely N-dealkylation sites (tertiary alicyclic amines) is 1. The van der Waals surface area contributed by atoms with Crippen LogP contribution in [0.2, 0.25) is 0 Å². The first-order chi connectivity index (χ1) is 10.2. The molecule has 0 aromatic heterocycles. The van der Waals surface area contributed by atoms with Crippen molar-refractivity contribution < 1.29 is 4.79 Å². The molecule has 1 saturated heterocycles. The molecule has 5 rings (SSSR count). The van der Waals surface area contributed by atoms with Crippen LogP contribution in [0.3, 0.4) is 0 Å². The highest BCUT2D eigenvalue weighted by molar-refractivity contribution is 5.75. The molecule has 3 heteroatoms. The van der Waals surface area contributed by atoms with Crippen LogP contribution < -0.4 is 5.32 Å². The number of urea groups is 1. The fraction of sp³-hybridized carbons (Fsp3) is 0.947. The second kappa shape index (κ2) is 4.42. The van der Waals surface area contributed by atoms with Crippen molar-refractivity contribution >= 4 is 6.03 Å². The van der Waals surface area contributed by atoms with E-state index in [0.717, 1.165) is 13.1 Å². The van der Waals surface area contributed by atoms with Gasteiger partial charge in [0.25, 0.3) is 0 Å². The molecule has 0 radical (unpaired) electrons. The minimum atomic E-state index is 0.0710. The van der Waals surface area contributed by atoms with E-state index in [4.69, 9.17) is 0 Å². The average molecular weight is 304 g/mol. The van der Waals surface area contributed by atoms with E-state index in [-0.39, 0.29) is 11.6 Å². The number of rotatable bonds is 1. The van der Waals surface area contributed by atoms with Gasteiger partial charge in [-0.15, -0.1) is 0 Å². The molecule has 0 atom stereocenters. The highest BCUT2D eigenvalue weighted by atomic mass is 16.2. The molecule has 1 heterocycles.